The average Bonchev–Trinajstić information content (AvgIpc) is 3.06. The molecule has 290 valence electrons. The van der Waals surface area contributed by atoms with Crippen molar-refractivity contribution in [2.75, 3.05) is 55.5 Å². The summed E-state index contributed by atoms with van der Waals surface area (Å²) in [5, 5.41) is 0. The van der Waals surface area contributed by atoms with Crippen molar-refractivity contribution < 1.29 is 18.4 Å². The third kappa shape index (κ3) is 24.9. The Kier molecular flexibility index (Phi) is 33.0. The fourth-order valence-corrected chi connectivity index (χ4v) is 8.72. The maximum Gasteiger partial charge on any atom is 0.173 e. The number of ether oxygens (including phenoxy) is 2. The molecule has 0 amide bonds. The molecule has 0 fully saturated rings. The number of alkyl halides is 2. The minimum atomic E-state index is -0.0465. The summed E-state index contributed by atoms with van der Waals surface area (Å²) in [6, 6.07) is 0. The molecule has 0 aromatic rings. The van der Waals surface area contributed by atoms with Crippen molar-refractivity contribution in [1.29, 1.82) is 0 Å². The Balaban J connectivity index is 4.31. The van der Waals surface area contributed by atoms with E-state index in [-0.39, 0.29) is 22.1 Å². The molecule has 0 aliphatic carbocycles. The molecule has 48 heavy (non-hydrogen) atoms. The van der Waals surface area contributed by atoms with Gasteiger partial charge in [0.1, 0.15) is 0 Å². The Labute approximate surface area is 320 Å². The van der Waals surface area contributed by atoms with Crippen LogP contribution in [0.4, 0.5) is 0 Å². The first-order valence-corrected chi connectivity index (χ1v) is 22.9. The molecule has 0 N–H and O–H groups in total. The summed E-state index contributed by atoms with van der Waals surface area (Å²) in [6.45, 7) is 6.89. The van der Waals surface area contributed by atoms with Gasteiger partial charge in [0.05, 0.1) is 41.3 Å². The topological polar surface area (TPSA) is 18.5 Å². The molecule has 0 saturated heterocycles. The normalized spacial score (nSPS) is 15.1. The standard InChI is InChI=1S/C42H88Br2N2O2/c1-9-11-13-15-17-19-21-23-25-27-29-31-33-35-37-45(3,4)41(43)39(47-7)40(48-8)42(44)46(5,6)38-36-34-32-30-28-26-24-22-20-18-16-14-12-10-2/h39-42H,9-38H2,1-8H3/q+2/t39-,40+,41?,42?. The molecule has 0 bridgehead atoms. The number of nitrogens with zero attached hydrogens (tertiary/aromatic N) is 2. The summed E-state index contributed by atoms with van der Waals surface area (Å²) in [4.78, 5) is 0.325. The van der Waals surface area contributed by atoms with E-state index < -0.39 is 0 Å². The molecule has 0 spiro atoms. The second kappa shape index (κ2) is 32.5. The van der Waals surface area contributed by atoms with Crippen molar-refractivity contribution in [1.82, 2.24) is 0 Å². The molecule has 6 heteroatoms. The number of hydrogen-bond acceptors (Lipinski definition) is 2. The van der Waals surface area contributed by atoms with Gasteiger partial charge in [0, 0.05) is 14.2 Å². The molecule has 4 atom stereocenters. The predicted octanol–water partition coefficient (Wildman–Crippen LogP) is 13.6. The van der Waals surface area contributed by atoms with E-state index in [0.717, 1.165) is 22.1 Å². The van der Waals surface area contributed by atoms with E-state index >= 15 is 0 Å². The SMILES string of the molecule is CCCCCCCCCCCCCCCC[N+](C)(C)C(Br)[C@@H](OC)[C@@H](OC)C(Br)[N+](C)(C)CCCCCCCCCCCCCCCC. The maximum absolute atomic E-state index is 6.19. The highest BCUT2D eigenvalue weighted by atomic mass is 79.9. The van der Waals surface area contributed by atoms with Gasteiger partial charge in [-0.25, -0.2) is 0 Å². The third-order valence-electron chi connectivity index (χ3n) is 10.9. The van der Waals surface area contributed by atoms with E-state index in [0.29, 0.717) is 0 Å². The summed E-state index contributed by atoms with van der Waals surface area (Å²) in [7, 11) is 13.1. The van der Waals surface area contributed by atoms with Crippen LogP contribution in [-0.4, -0.2) is 86.6 Å². The van der Waals surface area contributed by atoms with Crippen LogP contribution in [0.5, 0.6) is 0 Å². The largest absolute Gasteiger partial charge is 0.371 e. The molecule has 0 aromatic heterocycles. The highest BCUT2D eigenvalue weighted by Gasteiger charge is 2.46. The first kappa shape index (κ1) is 48.8. The zero-order valence-corrected chi connectivity index (χ0v) is 37.2. The van der Waals surface area contributed by atoms with Crippen LogP contribution in [0.3, 0.4) is 0 Å². The number of unbranched alkanes of at least 4 members (excludes halogenated alkanes) is 26. The van der Waals surface area contributed by atoms with Crippen LogP contribution in [-0.2, 0) is 9.47 Å². The van der Waals surface area contributed by atoms with E-state index in [9.17, 15) is 0 Å². The number of likely N-dealkylation sites (N-methyl/N-ethyl adjacent to an activating group) is 2. The van der Waals surface area contributed by atoms with Gasteiger partial charge >= 0.3 is 0 Å². The predicted molar refractivity (Wildman–Crippen MR) is 222 cm³/mol. The van der Waals surface area contributed by atoms with Crippen molar-refractivity contribution in [3.05, 3.63) is 0 Å². The molecule has 2 unspecified atom stereocenters. The first-order valence-electron chi connectivity index (χ1n) is 21.1. The molecule has 0 aliphatic heterocycles. The fourth-order valence-electron chi connectivity index (χ4n) is 7.28. The Morgan fingerprint density at radius 2 is 0.542 bits per heavy atom. The number of rotatable bonds is 37. The average molecular weight is 813 g/mol. The number of methoxy groups -OCH3 is 2. The fraction of sp³-hybridized carbons (Fsp3) is 1.00. The summed E-state index contributed by atoms with van der Waals surface area (Å²) in [5.41, 5.74) is 0. The lowest BCUT2D eigenvalue weighted by Crippen LogP contribution is -2.61. The second-order valence-electron chi connectivity index (χ2n) is 16.3. The minimum absolute atomic E-state index is 0.0465. The summed E-state index contributed by atoms with van der Waals surface area (Å²) < 4.78 is 14.2. The first-order chi connectivity index (χ1) is 23.1. The summed E-state index contributed by atoms with van der Waals surface area (Å²) in [5.74, 6) is 0. The van der Waals surface area contributed by atoms with Crippen LogP contribution in [0.25, 0.3) is 0 Å². The van der Waals surface area contributed by atoms with Gasteiger partial charge in [0.15, 0.2) is 22.1 Å². The molecule has 0 aromatic carbocycles. The second-order valence-corrected chi connectivity index (χ2v) is 18.2. The molecule has 0 radical (unpaired) electrons. The lowest BCUT2D eigenvalue weighted by Gasteiger charge is -2.44. The van der Waals surface area contributed by atoms with Crippen LogP contribution < -0.4 is 0 Å². The van der Waals surface area contributed by atoms with E-state index in [1.807, 2.05) is 14.2 Å². The van der Waals surface area contributed by atoms with E-state index in [4.69, 9.17) is 9.47 Å². The summed E-state index contributed by atoms with van der Waals surface area (Å²) in [6.07, 6.45) is 39.2. The van der Waals surface area contributed by atoms with E-state index in [1.54, 1.807) is 0 Å². The van der Waals surface area contributed by atoms with Crippen LogP contribution in [0.2, 0.25) is 0 Å². The zero-order valence-electron chi connectivity index (χ0n) is 34.0. The molecule has 0 saturated carbocycles. The quantitative estimate of drug-likeness (QED) is 0.0269. The zero-order chi connectivity index (χ0) is 35.9. The lowest BCUT2D eigenvalue weighted by atomic mass is 10.0. The minimum Gasteiger partial charge on any atom is -0.371 e. The highest BCUT2D eigenvalue weighted by molar-refractivity contribution is 9.09. The third-order valence-corrected chi connectivity index (χ3v) is 14.2. The van der Waals surface area contributed by atoms with Crippen LogP contribution >= 0.6 is 31.9 Å². The van der Waals surface area contributed by atoms with Gasteiger partial charge in [0.25, 0.3) is 0 Å². The Bertz CT molecular complexity index is 622. The van der Waals surface area contributed by atoms with Crippen molar-refractivity contribution >= 4 is 31.9 Å². The van der Waals surface area contributed by atoms with Crippen molar-refractivity contribution in [3.63, 3.8) is 0 Å². The monoisotopic (exact) mass is 811 g/mol. The number of halogens is 2. The molecular weight excluding hydrogens is 724 g/mol. The van der Waals surface area contributed by atoms with Crippen LogP contribution in [0.15, 0.2) is 0 Å². The van der Waals surface area contributed by atoms with Gasteiger partial charge in [-0.3, -0.25) is 0 Å². The smallest absolute Gasteiger partial charge is 0.173 e. The maximum atomic E-state index is 6.19. The van der Waals surface area contributed by atoms with Crippen LogP contribution in [0.1, 0.15) is 194 Å². The lowest BCUT2D eigenvalue weighted by molar-refractivity contribution is -0.911. The van der Waals surface area contributed by atoms with E-state index in [2.05, 4.69) is 73.9 Å². The molecule has 0 rings (SSSR count). The van der Waals surface area contributed by atoms with Crippen molar-refractivity contribution in [2.45, 2.75) is 216 Å². The highest BCUT2D eigenvalue weighted by Crippen LogP contribution is 2.31. The molecular formula is C42H88Br2N2O2+2. The Morgan fingerprint density at radius 1 is 0.354 bits per heavy atom. The van der Waals surface area contributed by atoms with Gasteiger partial charge in [-0.2, -0.15) is 0 Å². The van der Waals surface area contributed by atoms with Crippen molar-refractivity contribution in [3.8, 4) is 0 Å². The Hall–Kier alpha value is 0.800. The van der Waals surface area contributed by atoms with Gasteiger partial charge in [-0.05, 0) is 57.5 Å². The number of hydrogen-bond donors (Lipinski definition) is 0. The number of quaternary nitrogens is 2. The Morgan fingerprint density at radius 3 is 0.729 bits per heavy atom. The van der Waals surface area contributed by atoms with Gasteiger partial charge in [0.2, 0.25) is 0 Å². The van der Waals surface area contributed by atoms with Crippen LogP contribution in [0, 0.1) is 0 Å². The summed E-state index contributed by atoms with van der Waals surface area (Å²) >= 11 is 8.21. The molecule has 4 nitrogen and oxygen atoms in total. The van der Waals surface area contributed by atoms with Crippen molar-refractivity contribution in [2.24, 2.45) is 0 Å². The van der Waals surface area contributed by atoms with E-state index in [1.165, 1.54) is 180 Å². The molecule has 0 heterocycles. The van der Waals surface area contributed by atoms with Gasteiger partial charge in [-0.15, -0.1) is 0 Å². The van der Waals surface area contributed by atoms with Gasteiger partial charge in [-0.1, -0.05) is 168 Å². The molecule has 0 aliphatic rings. The van der Waals surface area contributed by atoms with Gasteiger partial charge < -0.3 is 18.4 Å².